The molecule has 3 heterocycles. The maximum absolute atomic E-state index is 12.7. The molecule has 2 aliphatic heterocycles. The van der Waals surface area contributed by atoms with Crippen LogP contribution in [0.25, 0.3) is 0 Å². The maximum Gasteiger partial charge on any atom is 0.318 e. The summed E-state index contributed by atoms with van der Waals surface area (Å²) in [7, 11) is 0. The topological polar surface area (TPSA) is 62.5 Å². The third-order valence-electron chi connectivity index (χ3n) is 4.63. The van der Waals surface area contributed by atoms with Crippen LogP contribution in [0.4, 0.5) is 6.01 Å². The van der Waals surface area contributed by atoms with Crippen LogP contribution in [0.2, 0.25) is 0 Å². The van der Waals surface area contributed by atoms with Crippen LogP contribution >= 0.6 is 0 Å². The van der Waals surface area contributed by atoms with Gasteiger partial charge in [0.15, 0.2) is 0 Å². The molecule has 0 unspecified atom stereocenters. The quantitative estimate of drug-likeness (QED) is 0.854. The Morgan fingerprint density at radius 2 is 2.00 bits per heavy atom. The van der Waals surface area contributed by atoms with Crippen LogP contribution in [0, 0.1) is 5.92 Å². The molecule has 0 N–H and O–H groups in total. The van der Waals surface area contributed by atoms with Gasteiger partial charge in [-0.1, -0.05) is 12.0 Å². The molecule has 0 bridgehead atoms. The predicted molar refractivity (Wildman–Crippen MR) is 83.7 cm³/mol. The highest BCUT2D eigenvalue weighted by Gasteiger charge is 2.31. The molecule has 2 aliphatic rings. The Hall–Kier alpha value is -1.59. The molecule has 0 radical (unpaired) electrons. The molecule has 3 rings (SSSR count). The summed E-state index contributed by atoms with van der Waals surface area (Å²) in [6.07, 6.45) is 7.34. The van der Waals surface area contributed by atoms with Gasteiger partial charge in [-0.15, -0.1) is 5.10 Å². The summed E-state index contributed by atoms with van der Waals surface area (Å²) in [4.78, 5) is 16.8. The molecule has 0 aromatic carbocycles. The molecule has 6 nitrogen and oxygen atoms in total. The zero-order valence-corrected chi connectivity index (χ0v) is 13.5. The molecular weight excluding hydrogens is 280 g/mol. The van der Waals surface area contributed by atoms with Gasteiger partial charge in [0.1, 0.15) is 0 Å². The normalized spacial score (nSPS) is 22.9. The molecule has 1 amide bonds. The van der Waals surface area contributed by atoms with Crippen molar-refractivity contribution in [2.24, 2.45) is 5.92 Å². The third-order valence-corrected chi connectivity index (χ3v) is 4.63. The number of anilines is 1. The van der Waals surface area contributed by atoms with Gasteiger partial charge in [-0.25, -0.2) is 0 Å². The Morgan fingerprint density at radius 3 is 2.77 bits per heavy atom. The number of hydrogen-bond donors (Lipinski definition) is 0. The fourth-order valence-electron chi connectivity index (χ4n) is 3.41. The molecule has 6 heteroatoms. The van der Waals surface area contributed by atoms with Crippen molar-refractivity contribution in [1.29, 1.82) is 0 Å². The van der Waals surface area contributed by atoms with E-state index in [1.807, 2.05) is 4.90 Å². The molecular formula is C16H26N4O2. The number of amides is 1. The molecule has 2 fully saturated rings. The van der Waals surface area contributed by atoms with Gasteiger partial charge in [0.25, 0.3) is 0 Å². The van der Waals surface area contributed by atoms with E-state index >= 15 is 0 Å². The summed E-state index contributed by atoms with van der Waals surface area (Å²) in [6, 6.07) is 0.583. The molecule has 1 atom stereocenters. The molecule has 0 saturated carbocycles. The number of carbonyl (C=O) groups is 1. The lowest BCUT2D eigenvalue weighted by Crippen LogP contribution is -2.46. The van der Waals surface area contributed by atoms with Gasteiger partial charge in [0.05, 0.1) is 5.92 Å². The van der Waals surface area contributed by atoms with Crippen LogP contribution in [0.1, 0.15) is 51.3 Å². The largest absolute Gasteiger partial charge is 0.408 e. The van der Waals surface area contributed by atoms with E-state index in [1.54, 1.807) is 0 Å². The monoisotopic (exact) mass is 306 g/mol. The highest BCUT2D eigenvalue weighted by Crippen LogP contribution is 2.25. The number of nitrogens with zero attached hydrogens (tertiary/aromatic N) is 4. The minimum absolute atomic E-state index is 0.0772. The van der Waals surface area contributed by atoms with Crippen molar-refractivity contribution in [2.45, 2.75) is 51.9 Å². The second-order valence-corrected chi connectivity index (χ2v) is 6.40. The Balaban J connectivity index is 1.61. The van der Waals surface area contributed by atoms with Crippen LogP contribution in [-0.4, -0.2) is 47.2 Å². The van der Waals surface area contributed by atoms with Crippen molar-refractivity contribution in [3.05, 3.63) is 5.89 Å². The SMILES string of the molecule is CCCc1nnc(N2CCC[C@H](C(=O)N3CCCCC3)C2)o1. The fourth-order valence-corrected chi connectivity index (χ4v) is 3.41. The number of carbonyl (C=O) groups excluding carboxylic acids is 1. The van der Waals surface area contributed by atoms with Crippen LogP contribution in [0.3, 0.4) is 0 Å². The summed E-state index contributed by atoms with van der Waals surface area (Å²) in [6.45, 7) is 5.56. The van der Waals surface area contributed by atoms with E-state index in [9.17, 15) is 4.79 Å². The van der Waals surface area contributed by atoms with Gasteiger partial charge in [0.2, 0.25) is 11.8 Å². The van der Waals surface area contributed by atoms with Crippen molar-refractivity contribution in [1.82, 2.24) is 15.1 Å². The first-order chi connectivity index (χ1) is 10.8. The Morgan fingerprint density at radius 1 is 1.18 bits per heavy atom. The highest BCUT2D eigenvalue weighted by atomic mass is 16.4. The Bertz CT molecular complexity index is 496. The molecule has 0 aliphatic carbocycles. The number of aryl methyl sites for hydroxylation is 1. The fraction of sp³-hybridized carbons (Fsp3) is 0.812. The third kappa shape index (κ3) is 3.42. The zero-order chi connectivity index (χ0) is 15.4. The van der Waals surface area contributed by atoms with Gasteiger partial charge in [-0.3, -0.25) is 4.79 Å². The van der Waals surface area contributed by atoms with Crippen LogP contribution in [-0.2, 0) is 11.2 Å². The number of piperidine rings is 2. The van der Waals surface area contributed by atoms with Gasteiger partial charge < -0.3 is 14.2 Å². The van der Waals surface area contributed by atoms with Crippen molar-refractivity contribution >= 4 is 11.9 Å². The molecule has 0 spiro atoms. The molecule has 22 heavy (non-hydrogen) atoms. The summed E-state index contributed by atoms with van der Waals surface area (Å²) in [5.41, 5.74) is 0. The van der Waals surface area contributed by atoms with Crippen molar-refractivity contribution in [2.75, 3.05) is 31.1 Å². The van der Waals surface area contributed by atoms with Crippen LogP contribution < -0.4 is 4.90 Å². The first-order valence-corrected chi connectivity index (χ1v) is 8.64. The highest BCUT2D eigenvalue weighted by molar-refractivity contribution is 5.79. The summed E-state index contributed by atoms with van der Waals surface area (Å²) in [5, 5.41) is 8.24. The Kier molecular flexibility index (Phi) is 4.95. The Labute approximate surface area is 131 Å². The van der Waals surface area contributed by atoms with Crippen molar-refractivity contribution in [3.8, 4) is 0 Å². The predicted octanol–water partition coefficient (Wildman–Crippen LogP) is 2.25. The van der Waals surface area contributed by atoms with E-state index in [0.29, 0.717) is 24.4 Å². The minimum Gasteiger partial charge on any atom is -0.408 e. The lowest BCUT2D eigenvalue weighted by atomic mass is 9.96. The van der Waals surface area contributed by atoms with E-state index in [0.717, 1.165) is 58.2 Å². The first-order valence-electron chi connectivity index (χ1n) is 8.64. The molecule has 1 aromatic heterocycles. The van der Waals surface area contributed by atoms with Crippen LogP contribution in [0.15, 0.2) is 4.42 Å². The molecule has 1 aromatic rings. The zero-order valence-electron chi connectivity index (χ0n) is 13.5. The number of aromatic nitrogens is 2. The van der Waals surface area contributed by atoms with E-state index in [2.05, 4.69) is 22.0 Å². The van der Waals surface area contributed by atoms with Crippen molar-refractivity contribution in [3.63, 3.8) is 0 Å². The molecule has 2 saturated heterocycles. The van der Waals surface area contributed by atoms with Gasteiger partial charge in [-0.05, 0) is 38.5 Å². The van der Waals surface area contributed by atoms with Gasteiger partial charge >= 0.3 is 6.01 Å². The van der Waals surface area contributed by atoms with Gasteiger partial charge in [0, 0.05) is 32.6 Å². The average Bonchev–Trinajstić information content (AvgIpc) is 3.04. The first kappa shape index (κ1) is 15.3. The smallest absolute Gasteiger partial charge is 0.318 e. The van der Waals surface area contributed by atoms with Crippen molar-refractivity contribution < 1.29 is 9.21 Å². The second kappa shape index (κ2) is 7.11. The second-order valence-electron chi connectivity index (χ2n) is 6.40. The summed E-state index contributed by atoms with van der Waals surface area (Å²) >= 11 is 0. The van der Waals surface area contributed by atoms with E-state index < -0.39 is 0 Å². The number of rotatable bonds is 4. The van der Waals surface area contributed by atoms with E-state index in [4.69, 9.17) is 4.42 Å². The van der Waals surface area contributed by atoms with E-state index in [1.165, 1.54) is 6.42 Å². The number of hydrogen-bond acceptors (Lipinski definition) is 5. The number of likely N-dealkylation sites (tertiary alicyclic amines) is 1. The average molecular weight is 306 g/mol. The minimum atomic E-state index is 0.0772. The van der Waals surface area contributed by atoms with Gasteiger partial charge in [-0.2, -0.15) is 0 Å². The van der Waals surface area contributed by atoms with E-state index in [-0.39, 0.29) is 5.92 Å². The lowest BCUT2D eigenvalue weighted by Gasteiger charge is -2.35. The summed E-state index contributed by atoms with van der Waals surface area (Å²) in [5.74, 6) is 1.09. The summed E-state index contributed by atoms with van der Waals surface area (Å²) < 4.78 is 5.72. The van der Waals surface area contributed by atoms with Crippen LogP contribution in [0.5, 0.6) is 0 Å². The standard InChI is InChI=1S/C16H26N4O2/c1-2-7-14-17-18-16(22-14)20-11-6-8-13(12-20)15(21)19-9-4-3-5-10-19/h13H,2-12H2,1H3/t13-/m0/s1. The lowest BCUT2D eigenvalue weighted by molar-refractivity contribution is -0.136. The molecule has 122 valence electrons. The maximum atomic E-state index is 12.7.